The second kappa shape index (κ2) is 6.79. The third-order valence-electron chi connectivity index (χ3n) is 3.82. The maximum atomic E-state index is 12.4. The van der Waals surface area contributed by atoms with E-state index < -0.39 is 0 Å². The van der Waals surface area contributed by atoms with Crippen molar-refractivity contribution in [3.8, 4) is 0 Å². The van der Waals surface area contributed by atoms with E-state index in [2.05, 4.69) is 5.10 Å². The number of furan rings is 1. The molecule has 0 atom stereocenters. The Morgan fingerprint density at radius 1 is 1.26 bits per heavy atom. The van der Waals surface area contributed by atoms with Crippen LogP contribution in [0.2, 0.25) is 0 Å². The first kappa shape index (κ1) is 15.5. The summed E-state index contributed by atoms with van der Waals surface area (Å²) in [7, 11) is 1.91. The number of aryl methyl sites for hydroxylation is 1. The molecule has 0 fully saturated rings. The van der Waals surface area contributed by atoms with Crippen molar-refractivity contribution in [1.82, 2.24) is 9.91 Å². The molecule has 0 unspecified atom stereocenters. The van der Waals surface area contributed by atoms with Crippen molar-refractivity contribution in [2.75, 3.05) is 20.1 Å². The summed E-state index contributed by atoms with van der Waals surface area (Å²) in [6, 6.07) is 13.9. The Hall–Kier alpha value is -2.40. The normalized spacial score (nSPS) is 14.4. The number of rotatable bonds is 5. The molecule has 1 aliphatic rings. The Bertz CT molecular complexity index is 706. The highest BCUT2D eigenvalue weighted by atomic mass is 16.3. The van der Waals surface area contributed by atoms with Crippen LogP contribution < -0.4 is 0 Å². The molecule has 3 rings (SSSR count). The van der Waals surface area contributed by atoms with Gasteiger partial charge in [0.25, 0.3) is 5.91 Å². The van der Waals surface area contributed by atoms with Gasteiger partial charge in [0.05, 0.1) is 25.3 Å². The van der Waals surface area contributed by atoms with E-state index in [4.69, 9.17) is 4.42 Å². The molecule has 1 aromatic heterocycles. The lowest BCUT2D eigenvalue weighted by Crippen LogP contribution is -2.34. The van der Waals surface area contributed by atoms with Gasteiger partial charge in [-0.05, 0) is 31.7 Å². The highest BCUT2D eigenvalue weighted by molar-refractivity contribution is 6.02. The van der Waals surface area contributed by atoms with Crippen molar-refractivity contribution in [3.63, 3.8) is 0 Å². The van der Waals surface area contributed by atoms with Crippen molar-refractivity contribution >= 4 is 11.6 Å². The van der Waals surface area contributed by atoms with Crippen LogP contribution in [0.4, 0.5) is 0 Å². The fourth-order valence-electron chi connectivity index (χ4n) is 2.68. The number of likely N-dealkylation sites (N-methyl/N-ethyl adjacent to an activating group) is 1. The number of hydrogen-bond donors (Lipinski definition) is 0. The lowest BCUT2D eigenvalue weighted by atomic mass is 10.1. The third kappa shape index (κ3) is 3.87. The van der Waals surface area contributed by atoms with Crippen molar-refractivity contribution in [1.29, 1.82) is 0 Å². The summed E-state index contributed by atoms with van der Waals surface area (Å²) in [5.74, 6) is 1.77. The molecular weight excluding hydrogens is 290 g/mol. The molecule has 5 nitrogen and oxygen atoms in total. The minimum absolute atomic E-state index is 0.0155. The number of hydrogen-bond acceptors (Lipinski definition) is 4. The van der Waals surface area contributed by atoms with Gasteiger partial charge in [-0.25, -0.2) is 5.01 Å². The molecule has 23 heavy (non-hydrogen) atoms. The summed E-state index contributed by atoms with van der Waals surface area (Å²) in [4.78, 5) is 14.3. The van der Waals surface area contributed by atoms with Crippen LogP contribution in [0.15, 0.2) is 52.0 Å². The lowest BCUT2D eigenvalue weighted by molar-refractivity contribution is -0.131. The molecule has 1 amide bonds. The zero-order valence-corrected chi connectivity index (χ0v) is 13.5. The molecule has 5 heteroatoms. The molecule has 1 aliphatic heterocycles. The van der Waals surface area contributed by atoms with Gasteiger partial charge in [0.1, 0.15) is 11.5 Å². The molecule has 2 heterocycles. The smallest absolute Gasteiger partial charge is 0.256 e. The molecule has 0 bridgehead atoms. The molecule has 120 valence electrons. The number of hydrazone groups is 1. The molecule has 0 spiro atoms. The van der Waals surface area contributed by atoms with E-state index in [0.717, 1.165) is 29.2 Å². The van der Waals surface area contributed by atoms with Crippen molar-refractivity contribution < 1.29 is 9.21 Å². The highest BCUT2D eigenvalue weighted by Gasteiger charge is 2.22. The monoisotopic (exact) mass is 311 g/mol. The van der Waals surface area contributed by atoms with Crippen LogP contribution in [-0.2, 0) is 11.3 Å². The zero-order valence-electron chi connectivity index (χ0n) is 13.5. The van der Waals surface area contributed by atoms with Gasteiger partial charge in [0, 0.05) is 6.42 Å². The minimum Gasteiger partial charge on any atom is -0.465 e. The Balaban J connectivity index is 1.57. The van der Waals surface area contributed by atoms with Crippen LogP contribution >= 0.6 is 0 Å². The van der Waals surface area contributed by atoms with Gasteiger partial charge in [-0.15, -0.1) is 0 Å². The quantitative estimate of drug-likeness (QED) is 0.853. The van der Waals surface area contributed by atoms with Crippen LogP contribution in [0.5, 0.6) is 0 Å². The first-order valence-electron chi connectivity index (χ1n) is 7.79. The Kier molecular flexibility index (Phi) is 4.57. The second-order valence-electron chi connectivity index (χ2n) is 5.86. The average molecular weight is 311 g/mol. The van der Waals surface area contributed by atoms with Crippen LogP contribution in [0, 0.1) is 6.92 Å². The maximum absolute atomic E-state index is 12.4. The van der Waals surface area contributed by atoms with Crippen molar-refractivity contribution in [2.45, 2.75) is 19.9 Å². The standard InChI is InChI=1S/C18H21N3O2/c1-14-8-9-16(23-14)12-20(2)13-18(22)21-11-10-17(19-21)15-6-4-3-5-7-15/h3-9H,10-13H2,1-2H3. The van der Waals surface area contributed by atoms with Gasteiger partial charge in [-0.3, -0.25) is 9.69 Å². The summed E-state index contributed by atoms with van der Waals surface area (Å²) in [5, 5.41) is 6.05. The van der Waals surface area contributed by atoms with Crippen LogP contribution in [0.3, 0.4) is 0 Å². The summed E-state index contributed by atoms with van der Waals surface area (Å²) < 4.78 is 5.54. The molecule has 0 aliphatic carbocycles. The molecule has 2 aromatic rings. The van der Waals surface area contributed by atoms with Crippen LogP contribution in [-0.4, -0.2) is 41.7 Å². The van der Waals surface area contributed by atoms with Gasteiger partial charge in [-0.2, -0.15) is 5.10 Å². The predicted octanol–water partition coefficient (Wildman–Crippen LogP) is 2.66. The van der Waals surface area contributed by atoms with Gasteiger partial charge in [-0.1, -0.05) is 30.3 Å². The Morgan fingerprint density at radius 3 is 2.74 bits per heavy atom. The first-order chi connectivity index (χ1) is 11.1. The van der Waals surface area contributed by atoms with E-state index in [9.17, 15) is 4.79 Å². The third-order valence-corrected chi connectivity index (χ3v) is 3.82. The van der Waals surface area contributed by atoms with Gasteiger partial charge < -0.3 is 4.42 Å². The highest BCUT2D eigenvalue weighted by Crippen LogP contribution is 2.14. The predicted molar refractivity (Wildman–Crippen MR) is 89.1 cm³/mol. The summed E-state index contributed by atoms with van der Waals surface area (Å²) in [5.41, 5.74) is 2.06. The Morgan fingerprint density at radius 2 is 2.04 bits per heavy atom. The fourth-order valence-corrected chi connectivity index (χ4v) is 2.68. The van der Waals surface area contributed by atoms with Crippen LogP contribution in [0.1, 0.15) is 23.5 Å². The topological polar surface area (TPSA) is 49.1 Å². The van der Waals surface area contributed by atoms with E-state index in [1.807, 2.05) is 61.3 Å². The summed E-state index contributed by atoms with van der Waals surface area (Å²) in [6.45, 7) is 3.50. The number of nitrogens with zero attached hydrogens (tertiary/aromatic N) is 3. The number of amides is 1. The van der Waals surface area contributed by atoms with Gasteiger partial charge in [0.15, 0.2) is 0 Å². The summed E-state index contributed by atoms with van der Waals surface area (Å²) in [6.07, 6.45) is 0.802. The first-order valence-corrected chi connectivity index (χ1v) is 7.79. The Labute approximate surface area is 136 Å². The van der Waals surface area contributed by atoms with E-state index in [1.54, 1.807) is 5.01 Å². The fraction of sp³-hybridized carbons (Fsp3) is 0.333. The van der Waals surface area contributed by atoms with E-state index >= 15 is 0 Å². The number of benzene rings is 1. The van der Waals surface area contributed by atoms with E-state index in [-0.39, 0.29) is 5.91 Å². The van der Waals surface area contributed by atoms with E-state index in [0.29, 0.717) is 19.6 Å². The number of carbonyl (C=O) groups excluding carboxylic acids is 1. The molecule has 0 radical (unpaired) electrons. The zero-order chi connectivity index (χ0) is 16.2. The van der Waals surface area contributed by atoms with Gasteiger partial charge >= 0.3 is 0 Å². The largest absolute Gasteiger partial charge is 0.465 e. The van der Waals surface area contributed by atoms with Gasteiger partial charge in [0.2, 0.25) is 0 Å². The van der Waals surface area contributed by atoms with Crippen molar-refractivity contribution in [2.24, 2.45) is 5.10 Å². The number of carbonyl (C=O) groups is 1. The maximum Gasteiger partial charge on any atom is 0.256 e. The summed E-state index contributed by atoms with van der Waals surface area (Å²) >= 11 is 0. The molecule has 1 aromatic carbocycles. The average Bonchev–Trinajstić information content (AvgIpc) is 3.17. The van der Waals surface area contributed by atoms with Crippen LogP contribution in [0.25, 0.3) is 0 Å². The SMILES string of the molecule is Cc1ccc(CN(C)CC(=O)N2CCC(c3ccccc3)=N2)o1. The van der Waals surface area contributed by atoms with E-state index in [1.165, 1.54) is 0 Å². The molecule has 0 N–H and O–H groups in total. The lowest BCUT2D eigenvalue weighted by Gasteiger charge is -2.18. The molecular formula is C18H21N3O2. The second-order valence-corrected chi connectivity index (χ2v) is 5.86. The molecule has 0 saturated heterocycles. The van der Waals surface area contributed by atoms with Crippen molar-refractivity contribution in [3.05, 3.63) is 59.5 Å². The minimum atomic E-state index is 0.0155. The molecule has 0 saturated carbocycles.